The van der Waals surface area contributed by atoms with Gasteiger partial charge in [0.2, 0.25) is 0 Å². The van der Waals surface area contributed by atoms with Crippen LogP contribution in [-0.2, 0) is 17.8 Å². The van der Waals surface area contributed by atoms with Crippen molar-refractivity contribution in [2.24, 2.45) is 5.73 Å². The van der Waals surface area contributed by atoms with Gasteiger partial charge in [0, 0.05) is 6.42 Å². The van der Waals surface area contributed by atoms with Gasteiger partial charge >= 0.3 is 5.97 Å². The largest absolute Gasteiger partial charge is 0.484 e. The van der Waals surface area contributed by atoms with E-state index in [-0.39, 0.29) is 18.1 Å². The van der Waals surface area contributed by atoms with E-state index in [1.807, 2.05) is 0 Å². The Morgan fingerprint density at radius 1 is 1.38 bits per heavy atom. The lowest BCUT2D eigenvalue weighted by Crippen LogP contribution is -2.32. The highest BCUT2D eigenvalue weighted by molar-refractivity contribution is 6.32. The molecule has 0 fully saturated rings. The minimum Gasteiger partial charge on any atom is -0.484 e. The molecule has 112 valence electrons. The lowest BCUT2D eigenvalue weighted by atomic mass is 10.2. The van der Waals surface area contributed by atoms with E-state index in [9.17, 15) is 9.18 Å². The number of aliphatic carboxylic acids is 1. The van der Waals surface area contributed by atoms with E-state index in [4.69, 9.17) is 31.6 Å². The fourth-order valence-electron chi connectivity index (χ4n) is 1.65. The molecule has 7 heteroatoms. The van der Waals surface area contributed by atoms with Gasteiger partial charge in [-0.05, 0) is 30.3 Å². The number of benzene rings is 1. The molecule has 1 aromatic carbocycles. The molecule has 0 spiro atoms. The van der Waals surface area contributed by atoms with Crippen LogP contribution in [0.4, 0.5) is 4.39 Å². The van der Waals surface area contributed by atoms with E-state index in [0.717, 1.165) is 6.07 Å². The van der Waals surface area contributed by atoms with E-state index in [1.54, 1.807) is 12.1 Å². The molecule has 0 aliphatic rings. The Labute approximate surface area is 125 Å². The summed E-state index contributed by atoms with van der Waals surface area (Å²) in [7, 11) is 0. The summed E-state index contributed by atoms with van der Waals surface area (Å²) in [6, 6.07) is 6.07. The molecule has 5 nitrogen and oxygen atoms in total. The van der Waals surface area contributed by atoms with Crippen LogP contribution in [0, 0.1) is 5.82 Å². The van der Waals surface area contributed by atoms with Gasteiger partial charge in [0.05, 0.1) is 5.02 Å². The van der Waals surface area contributed by atoms with Crippen molar-refractivity contribution >= 4 is 17.6 Å². The van der Waals surface area contributed by atoms with Crippen LogP contribution in [0.15, 0.2) is 34.7 Å². The van der Waals surface area contributed by atoms with Crippen molar-refractivity contribution in [2.45, 2.75) is 19.1 Å². The average Bonchev–Trinajstić information content (AvgIpc) is 2.85. The van der Waals surface area contributed by atoms with Crippen LogP contribution in [0.5, 0.6) is 5.75 Å². The van der Waals surface area contributed by atoms with Gasteiger partial charge in [0.25, 0.3) is 0 Å². The van der Waals surface area contributed by atoms with Crippen LogP contribution in [0.1, 0.15) is 11.5 Å². The van der Waals surface area contributed by atoms with Gasteiger partial charge in [-0.2, -0.15) is 0 Å². The minimum atomic E-state index is -1.10. The first kappa shape index (κ1) is 15.3. The number of halogens is 2. The second-order valence-electron chi connectivity index (χ2n) is 4.38. The highest BCUT2D eigenvalue weighted by atomic mass is 35.5. The summed E-state index contributed by atoms with van der Waals surface area (Å²) >= 11 is 5.83. The number of ether oxygens (including phenoxy) is 1. The molecular formula is C14H13ClFNO4. The molecule has 0 saturated carbocycles. The molecule has 21 heavy (non-hydrogen) atoms. The Balaban J connectivity index is 1.95. The third-order valence-corrected chi connectivity index (χ3v) is 3.01. The van der Waals surface area contributed by atoms with Crippen LogP contribution in [0.3, 0.4) is 0 Å². The molecule has 1 heterocycles. The summed E-state index contributed by atoms with van der Waals surface area (Å²) in [5.41, 5.74) is 5.41. The summed E-state index contributed by atoms with van der Waals surface area (Å²) in [6.45, 7) is 0.0909. The van der Waals surface area contributed by atoms with Gasteiger partial charge in [0.15, 0.2) is 0 Å². The summed E-state index contributed by atoms with van der Waals surface area (Å²) in [4.78, 5) is 10.6. The molecule has 0 bridgehead atoms. The molecule has 0 saturated heterocycles. The lowest BCUT2D eigenvalue weighted by Gasteiger charge is -2.06. The molecule has 2 rings (SSSR count). The third kappa shape index (κ3) is 4.21. The van der Waals surface area contributed by atoms with E-state index in [0.29, 0.717) is 17.3 Å². The molecule has 1 unspecified atom stereocenters. The first-order valence-electron chi connectivity index (χ1n) is 6.09. The van der Waals surface area contributed by atoms with E-state index < -0.39 is 17.8 Å². The Bertz CT molecular complexity index is 644. The molecule has 3 N–H and O–H groups in total. The maximum Gasteiger partial charge on any atom is 0.320 e. The second kappa shape index (κ2) is 6.60. The smallest absolute Gasteiger partial charge is 0.320 e. The molecule has 0 aliphatic heterocycles. The number of carbonyl (C=O) groups is 1. The standard InChI is InChI=1S/C14H13ClFNO4/c15-11-5-8(16)1-4-13(11)20-7-10-3-2-9(21-10)6-12(17)14(18)19/h1-5,12H,6-7,17H2,(H,18,19). The Hall–Kier alpha value is -2.05. The number of hydrogen-bond donors (Lipinski definition) is 2. The van der Waals surface area contributed by atoms with Crippen LogP contribution >= 0.6 is 11.6 Å². The third-order valence-electron chi connectivity index (χ3n) is 2.72. The number of nitrogens with two attached hydrogens (primary N) is 1. The van der Waals surface area contributed by atoms with Crippen molar-refractivity contribution in [3.63, 3.8) is 0 Å². The maximum absolute atomic E-state index is 12.9. The predicted molar refractivity (Wildman–Crippen MR) is 73.8 cm³/mol. The van der Waals surface area contributed by atoms with Gasteiger partial charge < -0.3 is 20.0 Å². The predicted octanol–water partition coefficient (Wildman–Crippen LogP) is 2.61. The van der Waals surface area contributed by atoms with Crippen LogP contribution in [-0.4, -0.2) is 17.1 Å². The van der Waals surface area contributed by atoms with Gasteiger partial charge in [-0.1, -0.05) is 11.6 Å². The van der Waals surface area contributed by atoms with Gasteiger partial charge in [0.1, 0.15) is 35.7 Å². The van der Waals surface area contributed by atoms with Crippen molar-refractivity contribution in [2.75, 3.05) is 0 Å². The quantitative estimate of drug-likeness (QED) is 0.856. The van der Waals surface area contributed by atoms with Gasteiger partial charge in [-0.3, -0.25) is 4.79 Å². The van der Waals surface area contributed by atoms with Crippen molar-refractivity contribution in [1.29, 1.82) is 0 Å². The van der Waals surface area contributed by atoms with Crippen LogP contribution in [0.2, 0.25) is 5.02 Å². The lowest BCUT2D eigenvalue weighted by molar-refractivity contribution is -0.138. The van der Waals surface area contributed by atoms with Crippen molar-refractivity contribution in [1.82, 2.24) is 0 Å². The summed E-state index contributed by atoms with van der Waals surface area (Å²) < 4.78 is 23.7. The van der Waals surface area contributed by atoms with Crippen molar-refractivity contribution in [3.8, 4) is 5.75 Å². The van der Waals surface area contributed by atoms with Crippen LogP contribution < -0.4 is 10.5 Å². The van der Waals surface area contributed by atoms with E-state index >= 15 is 0 Å². The second-order valence-corrected chi connectivity index (χ2v) is 4.79. The zero-order chi connectivity index (χ0) is 15.4. The first-order chi connectivity index (χ1) is 9.95. The summed E-state index contributed by atoms with van der Waals surface area (Å²) in [5, 5.41) is 8.88. The molecule has 2 aromatic rings. The first-order valence-corrected chi connectivity index (χ1v) is 6.47. The van der Waals surface area contributed by atoms with Crippen molar-refractivity contribution < 1.29 is 23.4 Å². The molecular weight excluding hydrogens is 301 g/mol. The molecule has 0 radical (unpaired) electrons. The Kier molecular flexibility index (Phi) is 4.82. The molecule has 1 atom stereocenters. The number of furan rings is 1. The normalized spacial score (nSPS) is 12.1. The SMILES string of the molecule is NC(Cc1ccc(COc2ccc(F)cc2Cl)o1)C(=O)O. The summed E-state index contributed by atoms with van der Waals surface area (Å²) in [6.07, 6.45) is 0.0899. The fourth-order valence-corrected chi connectivity index (χ4v) is 1.88. The van der Waals surface area contributed by atoms with Crippen molar-refractivity contribution in [3.05, 3.63) is 52.7 Å². The topological polar surface area (TPSA) is 85.7 Å². The minimum absolute atomic E-state index is 0.0899. The van der Waals surface area contributed by atoms with E-state index in [1.165, 1.54) is 12.1 Å². The zero-order valence-corrected chi connectivity index (χ0v) is 11.6. The number of carboxylic acid groups (broad SMARTS) is 1. The Morgan fingerprint density at radius 3 is 2.76 bits per heavy atom. The highest BCUT2D eigenvalue weighted by Gasteiger charge is 2.15. The number of hydrogen-bond acceptors (Lipinski definition) is 4. The monoisotopic (exact) mass is 313 g/mol. The maximum atomic E-state index is 12.9. The number of rotatable bonds is 6. The fraction of sp³-hybridized carbons (Fsp3) is 0.214. The zero-order valence-electron chi connectivity index (χ0n) is 10.9. The Morgan fingerprint density at radius 2 is 2.10 bits per heavy atom. The summed E-state index contributed by atoms with van der Waals surface area (Å²) in [5.74, 6) is -0.271. The van der Waals surface area contributed by atoms with Crippen LogP contribution in [0.25, 0.3) is 0 Å². The molecule has 0 aliphatic carbocycles. The van der Waals surface area contributed by atoms with E-state index in [2.05, 4.69) is 0 Å². The highest BCUT2D eigenvalue weighted by Crippen LogP contribution is 2.26. The molecule has 0 amide bonds. The number of carboxylic acids is 1. The average molecular weight is 314 g/mol. The van der Waals surface area contributed by atoms with Gasteiger partial charge in [-0.15, -0.1) is 0 Å². The van der Waals surface area contributed by atoms with Gasteiger partial charge in [-0.25, -0.2) is 4.39 Å². The molecule has 1 aromatic heterocycles.